The fraction of sp³-hybridized carbons (Fsp3) is 0.190. The third-order valence-electron chi connectivity index (χ3n) is 24.4. The Hall–Kier alpha value is -18.5. The number of amides is 3. The van der Waals surface area contributed by atoms with E-state index in [1.165, 1.54) is 53.9 Å². The van der Waals surface area contributed by atoms with E-state index < -0.39 is 12.3 Å². The van der Waals surface area contributed by atoms with Crippen LogP contribution in [0.3, 0.4) is 0 Å². The molecule has 44 heteroatoms. The topological polar surface area (TPSA) is 462 Å². The van der Waals surface area contributed by atoms with E-state index in [0.717, 1.165) is 132 Å². The van der Waals surface area contributed by atoms with Crippen molar-refractivity contribution in [2.24, 2.45) is 0 Å². The molecule has 17 aromatic rings. The molecule has 25 rings (SSSR count). The summed E-state index contributed by atoms with van der Waals surface area (Å²) in [6.07, 6.45) is 26.9. The molecule has 14 N–H and O–H groups in total. The van der Waals surface area contributed by atoms with Crippen LogP contribution < -0.4 is 94.4 Å². The van der Waals surface area contributed by atoms with Crippen molar-refractivity contribution in [1.29, 1.82) is 5.26 Å². The largest absolute Gasteiger partial charge is 0.573 e. The molecule has 8 aliphatic rings. The number of pyridine rings is 1. The molecule has 3 aliphatic heterocycles. The predicted molar refractivity (Wildman–Crippen MR) is 559 cm³/mol. The molecule has 5 aliphatic carbocycles. The molecule has 5 saturated carbocycles. The molecular weight excluding hydrogens is 1950 g/mol. The Kier molecular flexibility index (Phi) is 26.6. The Labute approximate surface area is 850 Å². The van der Waals surface area contributed by atoms with E-state index in [1.807, 2.05) is 85.0 Å². The number of rotatable bonds is 25. The molecule has 0 unspecified atom stereocenters. The van der Waals surface area contributed by atoms with Gasteiger partial charge >= 0.3 is 12.1 Å². The van der Waals surface area contributed by atoms with Crippen LogP contribution in [0.25, 0.3) is 83.0 Å². The van der Waals surface area contributed by atoms with Gasteiger partial charge in [-0.3, -0.25) is 19.2 Å². The van der Waals surface area contributed by atoms with Gasteiger partial charge < -0.3 is 78.2 Å². The smallest absolute Gasteiger partial charge is 0.406 e. The van der Waals surface area contributed by atoms with Gasteiger partial charge in [-0.1, -0.05) is 74.8 Å². The number of halogens is 6. The molecule has 8 fully saturated rings. The minimum Gasteiger partial charge on any atom is -0.406 e. The van der Waals surface area contributed by atoms with Crippen LogP contribution in [0, 0.1) is 23.1 Å². The average Bonchev–Trinajstić information content (AvgIpc) is 1.64. The lowest BCUT2D eigenvalue weighted by Gasteiger charge is -2.13. The standard InChI is InChI=1S/C23H20N6O.C21H19ClN6O.C21H18F3N7O2.C21H19FN6O.C19H15FN6OS/c1-14-7-17(23(30)26-14)10-18-13-25-29-21(27-19-5-6-19)11-20(28-22(18)29)9-15-3-2-4-16(8-15)12-24;1-12-13(8-20(29)24-12)7-14-11-23-28-19(26-16-5-6-16)10-18(27-21(14)28)25-17-4-2-3-15(22)9-17;1-11-16(29-20(32)26-11)7-12-10-25-31-18(28-13-5-6-13)9-17(30-19(12)31)27-14-3-2-4-15(8-14)33-21(22,23)24;1-12-13(8-20(29)24-12)7-14-11-23-28-19(26-16-5-6-16)10-18(27-21(14)28)25-17-4-2-3-15(22)9-17;1-10-23-19(27)15(28-10)6-12-9-22-26-17(24-13-2-3-13)8-14(25-18(12)26)11-4-5-21-16(20)7-11/h2-4,8,10-11,13,19,27H,1,5-7,9H2,(H,26,30);2-4,7,9-11,16,26H,1,5-6,8H2,(H,24,29)(H,25,27);2-4,7-10,13,28H,1,5-6H2,(H,27,30)(H2,26,29,32);2-4,7,9-11,16,26H,1,5-6,8H2,(H,24,29)(H,25,27);4-9,13,24H,1-3H2,(H,23,27)/b17-10+;13-7+;16-7-;13-7+;15-6-. The highest BCUT2D eigenvalue weighted by Gasteiger charge is 2.34. The van der Waals surface area contributed by atoms with Gasteiger partial charge in [0, 0.05) is 170 Å². The van der Waals surface area contributed by atoms with Crippen molar-refractivity contribution >= 4 is 176 Å². The molecule has 4 aromatic carbocycles. The van der Waals surface area contributed by atoms with Crippen LogP contribution >= 0.6 is 22.9 Å². The van der Waals surface area contributed by atoms with Crippen LogP contribution in [0.15, 0.2) is 240 Å². The number of anilines is 11. The van der Waals surface area contributed by atoms with Gasteiger partial charge in [-0.05, 0) is 178 Å². The zero-order valence-corrected chi connectivity index (χ0v) is 80.8. The first-order valence-corrected chi connectivity index (χ1v) is 48.7. The summed E-state index contributed by atoms with van der Waals surface area (Å²) < 4.78 is 78.7. The van der Waals surface area contributed by atoms with Crippen molar-refractivity contribution in [3.8, 4) is 23.1 Å². The predicted octanol–water partition coefficient (Wildman–Crippen LogP) is 14.6. The second-order valence-electron chi connectivity index (χ2n) is 36.6. The van der Waals surface area contributed by atoms with E-state index in [2.05, 4.69) is 163 Å². The molecule has 16 heterocycles. The molecule has 750 valence electrons. The summed E-state index contributed by atoms with van der Waals surface area (Å²) in [6.45, 7) is 19.2. The maximum atomic E-state index is 13.6. The van der Waals surface area contributed by atoms with E-state index in [-0.39, 0.29) is 47.0 Å². The van der Waals surface area contributed by atoms with Crippen molar-refractivity contribution in [3.05, 3.63) is 332 Å². The number of ether oxygens (including phenoxy) is 1. The maximum absolute atomic E-state index is 13.6. The van der Waals surface area contributed by atoms with Gasteiger partial charge in [-0.2, -0.15) is 57.7 Å². The Morgan fingerprint density at radius 1 is 0.483 bits per heavy atom. The van der Waals surface area contributed by atoms with Crippen molar-refractivity contribution in [1.82, 2.24) is 109 Å². The summed E-state index contributed by atoms with van der Waals surface area (Å²) in [5, 5.41) is 68.1. The lowest BCUT2D eigenvalue weighted by molar-refractivity contribution is -0.274. The molecule has 3 amide bonds. The van der Waals surface area contributed by atoms with Crippen LogP contribution in [0.1, 0.15) is 128 Å². The van der Waals surface area contributed by atoms with Gasteiger partial charge in [0.15, 0.2) is 28.2 Å². The van der Waals surface area contributed by atoms with E-state index >= 15 is 0 Å². The number of aromatic nitrogens is 19. The number of thiazole rings is 1. The molecule has 0 atom stereocenters. The zero-order valence-electron chi connectivity index (χ0n) is 79.2. The molecule has 0 radical (unpaired) electrons. The van der Waals surface area contributed by atoms with Gasteiger partial charge in [0.25, 0.3) is 11.5 Å². The number of carbonyl (C=O) groups excluding carboxylic acids is 3. The monoisotopic (exact) mass is 2040 g/mol. The summed E-state index contributed by atoms with van der Waals surface area (Å²) in [6, 6.07) is 43.5. The van der Waals surface area contributed by atoms with Crippen LogP contribution in [0.2, 0.25) is 5.02 Å². The zero-order chi connectivity index (χ0) is 103. The first kappa shape index (κ1) is 96.7. The van der Waals surface area contributed by atoms with Crippen molar-refractivity contribution in [2.75, 3.05) is 42.5 Å². The molecule has 13 aromatic heterocycles. The second kappa shape index (κ2) is 41.0. The van der Waals surface area contributed by atoms with Gasteiger partial charge in [0.05, 0.1) is 86.7 Å². The Bertz CT molecular complexity index is 8640. The number of carbonyl (C=O) groups is 3. The van der Waals surface area contributed by atoms with Crippen molar-refractivity contribution in [3.63, 3.8) is 0 Å². The molecule has 0 spiro atoms. The van der Waals surface area contributed by atoms with E-state index in [9.17, 15) is 51.2 Å². The average molecular weight is 2050 g/mol. The quantitative estimate of drug-likeness (QED) is 0.0144. The summed E-state index contributed by atoms with van der Waals surface area (Å²) in [4.78, 5) is 94.0. The SMILES string of the molecule is C=C1C/C(=C\c2cnn3c(NC4CC4)cc(Cc4cccc(C#N)c4)nc23)C(=O)N1.C=C1NC(=O)C/C1=C\c1cnn2c(NC3CC3)cc(Nc3cccc(Cl)c3)nc12.C=C1NC(=O)C/C1=C\c1cnn2c(NC3CC3)cc(Nc3cccc(F)c3)nc12.C=c1[nH]c(=O)/c(=C/c2cnn3c(NC4CC4)cc(-c4ccnc(F)c4)nc23)s1.C=c1[nH]c(=O)[nH]/c1=C\c1cnn2c(NC3CC3)cc(Nc3cccc(OC(F)(F)F)c3)nc12. The number of alkyl halides is 3. The van der Waals surface area contributed by atoms with Gasteiger partial charge in [-0.15, -0.1) is 24.5 Å². The molecule has 3 saturated heterocycles. The van der Waals surface area contributed by atoms with Crippen LogP contribution in [0.5, 0.6) is 5.75 Å². The molecule has 37 nitrogen and oxygen atoms in total. The third kappa shape index (κ3) is 23.6. The summed E-state index contributed by atoms with van der Waals surface area (Å²) in [5.41, 5.74) is 16.0. The van der Waals surface area contributed by atoms with Gasteiger partial charge in [0.2, 0.25) is 17.8 Å². The number of nitrogens with one attached hydrogen (secondary N) is 14. The number of fused-ring (bicyclic) bond motifs is 5. The fourth-order valence-corrected chi connectivity index (χ4v) is 17.4. The number of aromatic amines is 3. The Morgan fingerprint density at radius 3 is 1.40 bits per heavy atom. The molecule has 0 bridgehead atoms. The molecular formula is C105H91ClF5N31O6S. The van der Waals surface area contributed by atoms with Crippen LogP contribution in [0.4, 0.5) is 85.6 Å². The first-order valence-electron chi connectivity index (χ1n) is 47.5. The lowest BCUT2D eigenvalue weighted by atomic mass is 10.1. The number of benzene rings is 4. The van der Waals surface area contributed by atoms with E-state index in [0.29, 0.717) is 188 Å². The number of nitriles is 1. The highest BCUT2D eigenvalue weighted by Crippen LogP contribution is 2.38. The fourth-order valence-electron chi connectivity index (χ4n) is 16.5. The van der Waals surface area contributed by atoms with Crippen LogP contribution in [-0.4, -0.2) is 147 Å². The Morgan fingerprint density at radius 2 is 0.946 bits per heavy atom. The van der Waals surface area contributed by atoms with Crippen LogP contribution in [-0.2, 0) is 20.8 Å². The normalized spacial score (nSPS) is 16.4. The summed E-state index contributed by atoms with van der Waals surface area (Å²) in [5.74, 6) is 4.18. The Balaban J connectivity index is 0.000000109. The first-order chi connectivity index (χ1) is 72.0. The number of allylic oxidation sites excluding steroid dienone is 3. The minimum absolute atomic E-state index is 0.0508. The van der Waals surface area contributed by atoms with Gasteiger partial charge in [0.1, 0.15) is 58.1 Å². The van der Waals surface area contributed by atoms with E-state index in [1.54, 1.807) is 102 Å². The van der Waals surface area contributed by atoms with Crippen molar-refractivity contribution in [2.45, 2.75) is 126 Å². The lowest BCUT2D eigenvalue weighted by Crippen LogP contribution is -2.22. The maximum Gasteiger partial charge on any atom is 0.573 e. The number of H-pyrrole nitrogens is 3. The second-order valence-corrected chi connectivity index (χ2v) is 38.2. The minimum atomic E-state index is -4.79. The van der Waals surface area contributed by atoms with Gasteiger partial charge in [-0.25, -0.2) is 39.1 Å². The highest BCUT2D eigenvalue weighted by atomic mass is 35.5. The molecule has 149 heavy (non-hydrogen) atoms. The van der Waals surface area contributed by atoms with E-state index in [4.69, 9.17) is 21.6 Å². The third-order valence-corrected chi connectivity index (χ3v) is 25.5. The number of nitrogens with zero attached hydrogens (tertiary/aromatic N) is 17. The number of hydrogen-bond acceptors (Lipinski definition) is 27. The highest BCUT2D eigenvalue weighted by molar-refractivity contribution is 7.07. The number of hydrogen-bond donors (Lipinski definition) is 14. The summed E-state index contributed by atoms with van der Waals surface area (Å²) in [7, 11) is 0. The van der Waals surface area contributed by atoms with Crippen molar-refractivity contribution < 1.29 is 41.1 Å². The summed E-state index contributed by atoms with van der Waals surface area (Å²) >= 11 is 7.38. The number of imidazole rings is 1.